The minimum absolute atomic E-state index is 0.0847. The van der Waals surface area contributed by atoms with Crippen LogP contribution in [0.25, 0.3) is 11.0 Å². The second kappa shape index (κ2) is 6.41. The summed E-state index contributed by atoms with van der Waals surface area (Å²) in [6, 6.07) is 12.7. The zero-order chi connectivity index (χ0) is 17.3. The van der Waals surface area contributed by atoms with Crippen molar-refractivity contribution in [3.05, 3.63) is 58.5 Å². The molecule has 1 aromatic heterocycles. The van der Waals surface area contributed by atoms with Crippen molar-refractivity contribution in [1.82, 2.24) is 9.13 Å². The highest BCUT2D eigenvalue weighted by Gasteiger charge is 2.12. The molecule has 0 aliphatic rings. The SMILES string of the molecule is COc1cccc(C(O)COc2ccc3c(c2)n(C)c(=O)n3C)c1. The van der Waals surface area contributed by atoms with E-state index in [0.29, 0.717) is 11.5 Å². The maximum atomic E-state index is 11.9. The van der Waals surface area contributed by atoms with Crippen LogP contribution in [-0.4, -0.2) is 28.0 Å². The lowest BCUT2D eigenvalue weighted by atomic mass is 10.1. The number of benzene rings is 2. The summed E-state index contributed by atoms with van der Waals surface area (Å²) in [5.41, 5.74) is 2.26. The predicted molar refractivity (Wildman–Crippen MR) is 91.6 cm³/mol. The number of imidazole rings is 1. The van der Waals surface area contributed by atoms with Gasteiger partial charge in [0.1, 0.15) is 24.2 Å². The Morgan fingerprint density at radius 1 is 1.04 bits per heavy atom. The van der Waals surface area contributed by atoms with Gasteiger partial charge in [-0.1, -0.05) is 12.1 Å². The molecule has 24 heavy (non-hydrogen) atoms. The second-order valence-corrected chi connectivity index (χ2v) is 5.65. The third-order valence-corrected chi connectivity index (χ3v) is 4.13. The Morgan fingerprint density at radius 3 is 2.54 bits per heavy atom. The quantitative estimate of drug-likeness (QED) is 0.778. The van der Waals surface area contributed by atoms with Gasteiger partial charge in [0.05, 0.1) is 18.1 Å². The third-order valence-electron chi connectivity index (χ3n) is 4.13. The number of rotatable bonds is 5. The van der Waals surface area contributed by atoms with Gasteiger partial charge in [0, 0.05) is 20.2 Å². The van der Waals surface area contributed by atoms with Crippen LogP contribution in [-0.2, 0) is 14.1 Å². The van der Waals surface area contributed by atoms with E-state index in [0.717, 1.165) is 16.6 Å². The highest BCUT2D eigenvalue weighted by Crippen LogP contribution is 2.23. The minimum atomic E-state index is -0.768. The van der Waals surface area contributed by atoms with Crippen molar-refractivity contribution >= 4 is 11.0 Å². The highest BCUT2D eigenvalue weighted by atomic mass is 16.5. The molecular weight excluding hydrogens is 308 g/mol. The van der Waals surface area contributed by atoms with Crippen molar-refractivity contribution in [2.24, 2.45) is 14.1 Å². The molecule has 1 heterocycles. The molecule has 126 valence electrons. The van der Waals surface area contributed by atoms with Gasteiger partial charge in [-0.2, -0.15) is 0 Å². The van der Waals surface area contributed by atoms with E-state index >= 15 is 0 Å². The Hall–Kier alpha value is -2.73. The number of nitrogens with zero attached hydrogens (tertiary/aromatic N) is 2. The Labute approximate surface area is 139 Å². The molecule has 3 aromatic rings. The average molecular weight is 328 g/mol. The summed E-state index contributed by atoms with van der Waals surface area (Å²) in [4.78, 5) is 11.9. The summed E-state index contributed by atoms with van der Waals surface area (Å²) in [7, 11) is 5.04. The molecule has 6 nitrogen and oxygen atoms in total. The first kappa shape index (κ1) is 16.1. The van der Waals surface area contributed by atoms with Gasteiger partial charge in [0.2, 0.25) is 0 Å². The second-order valence-electron chi connectivity index (χ2n) is 5.65. The molecule has 0 fully saturated rings. The summed E-state index contributed by atoms with van der Waals surface area (Å²) in [6.45, 7) is 0.111. The Balaban J connectivity index is 1.77. The number of aliphatic hydroxyl groups excluding tert-OH is 1. The molecule has 1 N–H and O–H groups in total. The van der Waals surface area contributed by atoms with E-state index in [-0.39, 0.29) is 12.3 Å². The number of ether oxygens (including phenoxy) is 2. The van der Waals surface area contributed by atoms with Gasteiger partial charge in [-0.15, -0.1) is 0 Å². The van der Waals surface area contributed by atoms with Crippen molar-refractivity contribution in [3.8, 4) is 11.5 Å². The molecule has 0 aliphatic heterocycles. The van der Waals surface area contributed by atoms with E-state index in [1.165, 1.54) is 0 Å². The van der Waals surface area contributed by atoms with Gasteiger partial charge in [0.25, 0.3) is 0 Å². The van der Waals surface area contributed by atoms with Crippen LogP contribution < -0.4 is 15.2 Å². The summed E-state index contributed by atoms with van der Waals surface area (Å²) < 4.78 is 14.0. The molecule has 0 radical (unpaired) electrons. The van der Waals surface area contributed by atoms with Crippen molar-refractivity contribution in [3.63, 3.8) is 0 Å². The van der Waals surface area contributed by atoms with Gasteiger partial charge in [-0.05, 0) is 29.8 Å². The van der Waals surface area contributed by atoms with Crippen LogP contribution in [0, 0.1) is 0 Å². The molecule has 1 atom stereocenters. The fourth-order valence-corrected chi connectivity index (χ4v) is 2.70. The van der Waals surface area contributed by atoms with Crippen molar-refractivity contribution < 1.29 is 14.6 Å². The normalized spacial score (nSPS) is 12.3. The Kier molecular flexibility index (Phi) is 4.31. The number of aromatic nitrogens is 2. The maximum Gasteiger partial charge on any atom is 0.328 e. The van der Waals surface area contributed by atoms with Gasteiger partial charge >= 0.3 is 5.69 Å². The molecule has 0 bridgehead atoms. The first-order chi connectivity index (χ1) is 11.5. The highest BCUT2D eigenvalue weighted by molar-refractivity contribution is 5.77. The lowest BCUT2D eigenvalue weighted by molar-refractivity contribution is 0.108. The maximum absolute atomic E-state index is 11.9. The first-order valence-electron chi connectivity index (χ1n) is 7.61. The molecule has 0 saturated heterocycles. The zero-order valence-electron chi connectivity index (χ0n) is 13.9. The molecular formula is C18H20N2O4. The van der Waals surface area contributed by atoms with Crippen LogP contribution in [0.1, 0.15) is 11.7 Å². The molecule has 1 unspecified atom stereocenters. The lowest BCUT2D eigenvalue weighted by Gasteiger charge is -2.13. The predicted octanol–water partition coefficient (Wildman–Crippen LogP) is 2.00. The minimum Gasteiger partial charge on any atom is -0.497 e. The standard InChI is InChI=1S/C18H20N2O4/c1-19-15-8-7-14(10-16(15)20(2)18(19)22)24-11-17(21)12-5-4-6-13(9-12)23-3/h4-10,17,21H,11H2,1-3H3. The number of methoxy groups -OCH3 is 1. The fraction of sp³-hybridized carbons (Fsp3) is 0.278. The van der Waals surface area contributed by atoms with Crippen molar-refractivity contribution in [2.45, 2.75) is 6.10 Å². The summed E-state index contributed by atoms with van der Waals surface area (Å²) in [6.07, 6.45) is -0.768. The number of aliphatic hydroxyl groups is 1. The topological polar surface area (TPSA) is 65.6 Å². The van der Waals surface area contributed by atoms with E-state index in [4.69, 9.17) is 9.47 Å². The molecule has 3 rings (SSSR count). The first-order valence-corrected chi connectivity index (χ1v) is 7.61. The van der Waals surface area contributed by atoms with Gasteiger partial charge in [-0.3, -0.25) is 9.13 Å². The number of hydrogen-bond donors (Lipinski definition) is 1. The van der Waals surface area contributed by atoms with E-state index in [9.17, 15) is 9.90 Å². The average Bonchev–Trinajstić information content (AvgIpc) is 2.84. The molecule has 6 heteroatoms. The fourth-order valence-electron chi connectivity index (χ4n) is 2.70. The molecule has 0 saturated carbocycles. The van der Waals surface area contributed by atoms with Crippen LogP contribution in [0.2, 0.25) is 0 Å². The largest absolute Gasteiger partial charge is 0.497 e. The summed E-state index contributed by atoms with van der Waals surface area (Å²) >= 11 is 0. The number of hydrogen-bond acceptors (Lipinski definition) is 4. The number of fused-ring (bicyclic) bond motifs is 1. The molecule has 2 aromatic carbocycles. The van der Waals surface area contributed by atoms with Crippen LogP contribution in [0.3, 0.4) is 0 Å². The molecule has 0 amide bonds. The van der Waals surface area contributed by atoms with Crippen LogP contribution in [0.5, 0.6) is 11.5 Å². The van der Waals surface area contributed by atoms with Gasteiger partial charge in [-0.25, -0.2) is 4.79 Å². The summed E-state index contributed by atoms with van der Waals surface area (Å²) in [5, 5.41) is 10.3. The monoisotopic (exact) mass is 328 g/mol. The van der Waals surface area contributed by atoms with Gasteiger partial charge in [0.15, 0.2) is 0 Å². The van der Waals surface area contributed by atoms with Crippen molar-refractivity contribution in [2.75, 3.05) is 13.7 Å². The number of aryl methyl sites for hydroxylation is 2. The van der Waals surface area contributed by atoms with Crippen molar-refractivity contribution in [1.29, 1.82) is 0 Å². The van der Waals surface area contributed by atoms with Crippen LogP contribution >= 0.6 is 0 Å². The van der Waals surface area contributed by atoms with E-state index in [2.05, 4.69) is 0 Å². The smallest absolute Gasteiger partial charge is 0.328 e. The van der Waals surface area contributed by atoms with Gasteiger partial charge < -0.3 is 14.6 Å². The van der Waals surface area contributed by atoms with Crippen LogP contribution in [0.4, 0.5) is 0 Å². The Morgan fingerprint density at radius 2 is 1.79 bits per heavy atom. The summed E-state index contributed by atoms with van der Waals surface area (Å²) in [5.74, 6) is 1.29. The molecule has 0 aliphatic carbocycles. The van der Waals surface area contributed by atoms with E-state index in [1.807, 2.05) is 24.3 Å². The van der Waals surface area contributed by atoms with E-state index < -0.39 is 6.10 Å². The molecule has 0 spiro atoms. The lowest BCUT2D eigenvalue weighted by Crippen LogP contribution is -2.19. The van der Waals surface area contributed by atoms with E-state index in [1.54, 1.807) is 48.5 Å². The third kappa shape index (κ3) is 2.88. The zero-order valence-corrected chi connectivity index (χ0v) is 13.9. The van der Waals surface area contributed by atoms with Crippen LogP contribution in [0.15, 0.2) is 47.3 Å². The Bertz CT molecular complexity index is 926.